The summed E-state index contributed by atoms with van der Waals surface area (Å²) in [6.45, 7) is 0.696. The van der Waals surface area contributed by atoms with E-state index < -0.39 is 0 Å². The third-order valence-corrected chi connectivity index (χ3v) is 3.89. The summed E-state index contributed by atoms with van der Waals surface area (Å²) in [4.78, 5) is 24.8. The lowest BCUT2D eigenvalue weighted by atomic mass is 10.0. The standard InChI is InChI=1S/C18H18N2O2/c21-17(14-8-3-1-4-9-14)16-12-7-13-20(16)19-18(22)15-10-5-2-6-11-15/h1-6,8-11,16H,7,12-13H2,(H,19,22)/t16-/m1/s1. The summed E-state index contributed by atoms with van der Waals surface area (Å²) in [6.07, 6.45) is 1.67. The number of nitrogens with one attached hydrogen (secondary N) is 1. The van der Waals surface area contributed by atoms with Crippen LogP contribution in [0.15, 0.2) is 60.7 Å². The number of benzene rings is 2. The Kier molecular flexibility index (Phi) is 4.30. The molecule has 1 amide bonds. The van der Waals surface area contributed by atoms with Gasteiger partial charge in [0, 0.05) is 17.7 Å². The molecule has 1 aliphatic rings. The number of carbonyl (C=O) groups excluding carboxylic acids is 2. The third kappa shape index (κ3) is 3.07. The van der Waals surface area contributed by atoms with E-state index >= 15 is 0 Å². The fraction of sp³-hybridized carbons (Fsp3) is 0.222. The molecule has 1 aliphatic heterocycles. The number of hydrogen-bond acceptors (Lipinski definition) is 3. The molecule has 22 heavy (non-hydrogen) atoms. The van der Waals surface area contributed by atoms with Crippen molar-refractivity contribution in [3.05, 3.63) is 71.8 Å². The van der Waals surface area contributed by atoms with Gasteiger partial charge in [-0.15, -0.1) is 0 Å². The molecule has 0 unspecified atom stereocenters. The molecule has 3 rings (SSSR count). The zero-order chi connectivity index (χ0) is 15.4. The number of Topliss-reactive ketones (excluding diaryl/α,β-unsaturated/α-hetero) is 1. The molecule has 1 atom stereocenters. The summed E-state index contributed by atoms with van der Waals surface area (Å²) >= 11 is 0. The summed E-state index contributed by atoms with van der Waals surface area (Å²) in [7, 11) is 0. The van der Waals surface area contributed by atoms with Gasteiger partial charge < -0.3 is 0 Å². The quantitative estimate of drug-likeness (QED) is 0.882. The lowest BCUT2D eigenvalue weighted by Gasteiger charge is -2.24. The molecule has 1 heterocycles. The van der Waals surface area contributed by atoms with Crippen LogP contribution in [-0.2, 0) is 0 Å². The first-order valence-electron chi connectivity index (χ1n) is 7.47. The number of nitrogens with zero attached hydrogens (tertiary/aromatic N) is 1. The van der Waals surface area contributed by atoms with Gasteiger partial charge in [-0.2, -0.15) is 0 Å². The second-order valence-corrected chi connectivity index (χ2v) is 5.39. The Morgan fingerprint density at radius 3 is 2.14 bits per heavy atom. The summed E-state index contributed by atoms with van der Waals surface area (Å²) in [5.41, 5.74) is 4.16. The summed E-state index contributed by atoms with van der Waals surface area (Å²) < 4.78 is 0. The highest BCUT2D eigenvalue weighted by Crippen LogP contribution is 2.19. The van der Waals surface area contributed by atoms with Crippen LogP contribution in [0.25, 0.3) is 0 Å². The minimum Gasteiger partial charge on any atom is -0.292 e. The zero-order valence-electron chi connectivity index (χ0n) is 12.2. The lowest BCUT2D eigenvalue weighted by Crippen LogP contribution is -2.48. The van der Waals surface area contributed by atoms with Crippen molar-refractivity contribution in [2.75, 3.05) is 6.54 Å². The summed E-state index contributed by atoms with van der Waals surface area (Å²) in [5.74, 6) is -0.111. The normalized spacial score (nSPS) is 18.1. The fourth-order valence-electron chi connectivity index (χ4n) is 2.75. The van der Waals surface area contributed by atoms with E-state index in [-0.39, 0.29) is 17.7 Å². The second kappa shape index (κ2) is 6.54. The molecule has 1 saturated heterocycles. The fourth-order valence-corrected chi connectivity index (χ4v) is 2.75. The van der Waals surface area contributed by atoms with Crippen molar-refractivity contribution in [2.45, 2.75) is 18.9 Å². The molecule has 0 spiro atoms. The van der Waals surface area contributed by atoms with Crippen LogP contribution in [0.1, 0.15) is 33.6 Å². The second-order valence-electron chi connectivity index (χ2n) is 5.39. The van der Waals surface area contributed by atoms with Crippen molar-refractivity contribution in [3.63, 3.8) is 0 Å². The largest absolute Gasteiger partial charge is 0.292 e. The lowest BCUT2D eigenvalue weighted by molar-refractivity contribution is 0.0689. The van der Waals surface area contributed by atoms with E-state index in [0.29, 0.717) is 17.7 Å². The maximum absolute atomic E-state index is 12.6. The molecule has 0 radical (unpaired) electrons. The van der Waals surface area contributed by atoms with Gasteiger partial charge in [0.25, 0.3) is 5.91 Å². The van der Waals surface area contributed by atoms with Crippen molar-refractivity contribution in [1.82, 2.24) is 10.4 Å². The Bertz CT molecular complexity index is 655. The Labute approximate surface area is 129 Å². The maximum Gasteiger partial charge on any atom is 0.265 e. The first kappa shape index (κ1) is 14.5. The van der Waals surface area contributed by atoms with Gasteiger partial charge in [0.05, 0.1) is 6.04 Å². The average molecular weight is 294 g/mol. The van der Waals surface area contributed by atoms with Crippen molar-refractivity contribution >= 4 is 11.7 Å². The van der Waals surface area contributed by atoms with E-state index in [1.165, 1.54) is 0 Å². The Balaban J connectivity index is 1.71. The maximum atomic E-state index is 12.6. The minimum atomic E-state index is -0.282. The van der Waals surface area contributed by atoms with Crippen LogP contribution in [0.2, 0.25) is 0 Å². The average Bonchev–Trinajstić information content (AvgIpc) is 3.04. The van der Waals surface area contributed by atoms with Crippen molar-refractivity contribution in [1.29, 1.82) is 0 Å². The van der Waals surface area contributed by atoms with Gasteiger partial charge in [0.1, 0.15) is 0 Å². The topological polar surface area (TPSA) is 49.4 Å². The van der Waals surface area contributed by atoms with Crippen LogP contribution < -0.4 is 5.43 Å². The predicted molar refractivity (Wildman–Crippen MR) is 84.4 cm³/mol. The number of hydrogen-bond donors (Lipinski definition) is 1. The molecule has 0 aromatic heterocycles. The number of amides is 1. The molecule has 4 heteroatoms. The van der Waals surface area contributed by atoms with Gasteiger partial charge in [-0.05, 0) is 25.0 Å². The van der Waals surface area contributed by atoms with Crippen LogP contribution >= 0.6 is 0 Å². The minimum absolute atomic E-state index is 0.0615. The number of carbonyl (C=O) groups is 2. The molecule has 1 N–H and O–H groups in total. The Morgan fingerprint density at radius 1 is 0.909 bits per heavy atom. The molecule has 1 fully saturated rings. The summed E-state index contributed by atoms with van der Waals surface area (Å²) in [6, 6.07) is 18.0. The van der Waals surface area contributed by atoms with E-state index in [4.69, 9.17) is 0 Å². The molecule has 2 aromatic rings. The first-order valence-corrected chi connectivity index (χ1v) is 7.47. The zero-order valence-corrected chi connectivity index (χ0v) is 12.2. The highest BCUT2D eigenvalue weighted by atomic mass is 16.2. The molecular formula is C18H18N2O2. The molecule has 0 bridgehead atoms. The predicted octanol–water partition coefficient (Wildman–Crippen LogP) is 2.68. The van der Waals surface area contributed by atoms with Gasteiger partial charge in [0.15, 0.2) is 5.78 Å². The first-order chi connectivity index (χ1) is 10.8. The monoisotopic (exact) mass is 294 g/mol. The van der Waals surface area contributed by atoms with E-state index in [9.17, 15) is 9.59 Å². The van der Waals surface area contributed by atoms with Crippen LogP contribution in [-0.4, -0.2) is 29.3 Å². The number of rotatable bonds is 4. The van der Waals surface area contributed by atoms with Crippen molar-refractivity contribution in [3.8, 4) is 0 Å². The Hall–Kier alpha value is -2.46. The van der Waals surface area contributed by atoms with Crippen LogP contribution in [0.5, 0.6) is 0 Å². The van der Waals surface area contributed by atoms with E-state index in [1.54, 1.807) is 17.1 Å². The SMILES string of the molecule is O=C(NN1CCC[C@@H]1C(=O)c1ccccc1)c1ccccc1. The van der Waals surface area contributed by atoms with Gasteiger partial charge in [-0.25, -0.2) is 5.01 Å². The van der Waals surface area contributed by atoms with Crippen molar-refractivity contribution < 1.29 is 9.59 Å². The van der Waals surface area contributed by atoms with E-state index in [1.807, 2.05) is 48.5 Å². The highest BCUT2D eigenvalue weighted by molar-refractivity contribution is 6.00. The van der Waals surface area contributed by atoms with Gasteiger partial charge in [-0.3, -0.25) is 15.0 Å². The number of hydrazine groups is 1. The molecule has 4 nitrogen and oxygen atoms in total. The molecule has 0 aliphatic carbocycles. The molecule has 2 aromatic carbocycles. The van der Waals surface area contributed by atoms with Crippen molar-refractivity contribution in [2.24, 2.45) is 0 Å². The Morgan fingerprint density at radius 2 is 1.50 bits per heavy atom. The van der Waals surface area contributed by atoms with Crippen LogP contribution in [0.3, 0.4) is 0 Å². The number of ketones is 1. The van der Waals surface area contributed by atoms with Crippen LogP contribution in [0.4, 0.5) is 0 Å². The summed E-state index contributed by atoms with van der Waals surface area (Å²) in [5, 5.41) is 1.77. The van der Waals surface area contributed by atoms with Gasteiger partial charge in [-0.1, -0.05) is 48.5 Å². The molecule has 112 valence electrons. The van der Waals surface area contributed by atoms with Gasteiger partial charge in [0.2, 0.25) is 0 Å². The van der Waals surface area contributed by atoms with Gasteiger partial charge >= 0.3 is 0 Å². The van der Waals surface area contributed by atoms with Crippen LogP contribution in [0, 0.1) is 0 Å². The highest BCUT2D eigenvalue weighted by Gasteiger charge is 2.32. The smallest absolute Gasteiger partial charge is 0.265 e. The van der Waals surface area contributed by atoms with E-state index in [0.717, 1.165) is 12.8 Å². The third-order valence-electron chi connectivity index (χ3n) is 3.89. The molecular weight excluding hydrogens is 276 g/mol. The van der Waals surface area contributed by atoms with E-state index in [2.05, 4.69) is 5.43 Å². The molecule has 0 saturated carbocycles.